The molecule has 0 saturated heterocycles. The van der Waals surface area contributed by atoms with Gasteiger partial charge in [0.15, 0.2) is 0 Å². The second kappa shape index (κ2) is 6.38. The second-order valence-corrected chi connectivity index (χ2v) is 6.38. The molecular weight excluding hydrogens is 306 g/mol. The van der Waals surface area contributed by atoms with Gasteiger partial charge in [0.05, 0.1) is 17.6 Å². The van der Waals surface area contributed by atoms with E-state index in [4.69, 9.17) is 9.41 Å². The standard InChI is InChI=1S/C18H19N3OS/c1-12-5-7-16(9-13(12)2)20-18-21(14(3)11-23-18)19-10-17-8-6-15(4)22-17/h5-11H,1-4H3. The zero-order valence-corrected chi connectivity index (χ0v) is 14.5. The number of aryl methyl sites for hydroxylation is 4. The highest BCUT2D eigenvalue weighted by Gasteiger charge is 2.01. The van der Waals surface area contributed by atoms with Crippen LogP contribution in [0.3, 0.4) is 0 Å². The lowest BCUT2D eigenvalue weighted by atomic mass is 10.1. The number of benzene rings is 1. The summed E-state index contributed by atoms with van der Waals surface area (Å²) in [4.78, 5) is 5.56. The molecule has 0 fully saturated rings. The van der Waals surface area contributed by atoms with Crippen LogP contribution in [0, 0.1) is 27.7 Å². The molecular formula is C18H19N3OS. The lowest BCUT2D eigenvalue weighted by Gasteiger charge is -2.01. The molecule has 3 aromatic rings. The van der Waals surface area contributed by atoms with Crippen LogP contribution in [0.25, 0.3) is 0 Å². The first-order chi connectivity index (χ1) is 11.0. The third kappa shape index (κ3) is 3.51. The predicted octanol–water partition coefficient (Wildman–Crippen LogP) is 4.49. The Hall–Kier alpha value is -2.40. The maximum atomic E-state index is 5.52. The van der Waals surface area contributed by atoms with E-state index >= 15 is 0 Å². The van der Waals surface area contributed by atoms with E-state index in [2.05, 4.69) is 31.1 Å². The molecule has 0 aliphatic carbocycles. The van der Waals surface area contributed by atoms with E-state index < -0.39 is 0 Å². The second-order valence-electron chi connectivity index (χ2n) is 5.54. The summed E-state index contributed by atoms with van der Waals surface area (Å²) in [5.74, 6) is 1.61. The molecule has 0 atom stereocenters. The Bertz CT molecular complexity index is 928. The number of hydrogen-bond acceptors (Lipinski definition) is 4. The Morgan fingerprint density at radius 1 is 1.04 bits per heavy atom. The Labute approximate surface area is 139 Å². The number of furan rings is 1. The van der Waals surface area contributed by atoms with Gasteiger partial charge in [-0.15, -0.1) is 11.3 Å². The molecule has 0 unspecified atom stereocenters. The van der Waals surface area contributed by atoms with Gasteiger partial charge in [0, 0.05) is 5.38 Å². The third-order valence-electron chi connectivity index (χ3n) is 3.63. The SMILES string of the molecule is Cc1ccc(C=Nn2c(C)csc2=Nc2ccc(C)c(C)c2)o1. The number of thiazole rings is 1. The summed E-state index contributed by atoms with van der Waals surface area (Å²) in [6.45, 7) is 8.13. The highest BCUT2D eigenvalue weighted by molar-refractivity contribution is 7.07. The number of aromatic nitrogens is 1. The molecule has 2 aromatic heterocycles. The first-order valence-electron chi connectivity index (χ1n) is 7.43. The van der Waals surface area contributed by atoms with Crippen molar-refractivity contribution in [2.75, 3.05) is 0 Å². The lowest BCUT2D eigenvalue weighted by molar-refractivity contribution is 0.527. The van der Waals surface area contributed by atoms with Crippen molar-refractivity contribution in [3.05, 3.63) is 68.9 Å². The van der Waals surface area contributed by atoms with Crippen molar-refractivity contribution >= 4 is 23.2 Å². The summed E-state index contributed by atoms with van der Waals surface area (Å²) in [7, 11) is 0. The van der Waals surface area contributed by atoms with Crippen LogP contribution in [0.2, 0.25) is 0 Å². The van der Waals surface area contributed by atoms with Crippen molar-refractivity contribution < 1.29 is 4.42 Å². The Kier molecular flexibility index (Phi) is 4.30. The van der Waals surface area contributed by atoms with E-state index in [-0.39, 0.29) is 0 Å². The number of nitrogens with zero attached hydrogens (tertiary/aromatic N) is 3. The van der Waals surface area contributed by atoms with Crippen molar-refractivity contribution in [3.63, 3.8) is 0 Å². The number of rotatable bonds is 3. The first kappa shape index (κ1) is 15.5. The van der Waals surface area contributed by atoms with Crippen LogP contribution in [0.1, 0.15) is 28.3 Å². The van der Waals surface area contributed by atoms with E-state index in [9.17, 15) is 0 Å². The van der Waals surface area contributed by atoms with E-state index in [0.717, 1.165) is 27.7 Å². The molecule has 0 amide bonds. The lowest BCUT2D eigenvalue weighted by Crippen LogP contribution is -2.11. The Morgan fingerprint density at radius 3 is 2.57 bits per heavy atom. The van der Waals surface area contributed by atoms with Gasteiger partial charge < -0.3 is 4.42 Å². The summed E-state index contributed by atoms with van der Waals surface area (Å²) in [6.07, 6.45) is 1.71. The molecule has 0 saturated carbocycles. The molecule has 0 bridgehead atoms. The Morgan fingerprint density at radius 2 is 1.87 bits per heavy atom. The molecule has 4 nitrogen and oxygen atoms in total. The quantitative estimate of drug-likeness (QED) is 0.654. The molecule has 5 heteroatoms. The van der Waals surface area contributed by atoms with Crippen LogP contribution in [-0.4, -0.2) is 10.9 Å². The minimum absolute atomic E-state index is 0.734. The summed E-state index contributed by atoms with van der Waals surface area (Å²) in [6, 6.07) is 10.0. The average molecular weight is 325 g/mol. The Balaban J connectivity index is 1.99. The van der Waals surface area contributed by atoms with Crippen LogP contribution in [0.4, 0.5) is 5.69 Å². The maximum absolute atomic E-state index is 5.52. The molecule has 118 valence electrons. The van der Waals surface area contributed by atoms with E-state index in [0.29, 0.717) is 0 Å². The van der Waals surface area contributed by atoms with Gasteiger partial charge >= 0.3 is 0 Å². The van der Waals surface area contributed by atoms with Crippen LogP contribution in [-0.2, 0) is 0 Å². The fraction of sp³-hybridized carbons (Fsp3) is 0.222. The topological polar surface area (TPSA) is 42.8 Å². The molecule has 2 heterocycles. The molecule has 1 aromatic carbocycles. The summed E-state index contributed by atoms with van der Waals surface area (Å²) < 4.78 is 7.35. The fourth-order valence-corrected chi connectivity index (χ4v) is 2.97. The average Bonchev–Trinajstić information content (AvgIpc) is 3.08. The molecule has 0 aliphatic rings. The van der Waals surface area contributed by atoms with Crippen molar-refractivity contribution in [2.45, 2.75) is 27.7 Å². The zero-order chi connectivity index (χ0) is 16.4. The largest absolute Gasteiger partial charge is 0.460 e. The molecule has 23 heavy (non-hydrogen) atoms. The predicted molar refractivity (Wildman–Crippen MR) is 94.6 cm³/mol. The van der Waals surface area contributed by atoms with Crippen molar-refractivity contribution in [1.29, 1.82) is 0 Å². The van der Waals surface area contributed by atoms with Crippen molar-refractivity contribution in [1.82, 2.24) is 4.68 Å². The van der Waals surface area contributed by atoms with Gasteiger partial charge in [0.2, 0.25) is 4.80 Å². The first-order valence-corrected chi connectivity index (χ1v) is 8.31. The minimum atomic E-state index is 0.734. The molecule has 0 aliphatic heterocycles. The summed E-state index contributed by atoms with van der Waals surface area (Å²) in [5, 5.41) is 6.55. The molecule has 0 spiro atoms. The normalized spacial score (nSPS) is 12.4. The fourth-order valence-electron chi connectivity index (χ4n) is 2.15. The monoisotopic (exact) mass is 325 g/mol. The molecule has 0 radical (unpaired) electrons. The van der Waals surface area contributed by atoms with Gasteiger partial charge in [-0.2, -0.15) is 5.10 Å². The van der Waals surface area contributed by atoms with Crippen molar-refractivity contribution in [2.24, 2.45) is 10.1 Å². The van der Waals surface area contributed by atoms with E-state index in [1.165, 1.54) is 11.1 Å². The third-order valence-corrected chi connectivity index (χ3v) is 4.56. The van der Waals surface area contributed by atoms with Crippen LogP contribution < -0.4 is 4.80 Å². The minimum Gasteiger partial charge on any atom is -0.460 e. The maximum Gasteiger partial charge on any atom is 0.211 e. The number of hydrogen-bond donors (Lipinski definition) is 0. The van der Waals surface area contributed by atoms with Crippen molar-refractivity contribution in [3.8, 4) is 0 Å². The van der Waals surface area contributed by atoms with Gasteiger partial charge in [-0.25, -0.2) is 9.67 Å². The highest BCUT2D eigenvalue weighted by atomic mass is 32.1. The van der Waals surface area contributed by atoms with Gasteiger partial charge in [0.1, 0.15) is 11.5 Å². The smallest absolute Gasteiger partial charge is 0.211 e. The van der Waals surface area contributed by atoms with Gasteiger partial charge in [0.25, 0.3) is 0 Å². The highest BCUT2D eigenvalue weighted by Crippen LogP contribution is 2.17. The summed E-state index contributed by atoms with van der Waals surface area (Å²) >= 11 is 1.57. The van der Waals surface area contributed by atoms with Gasteiger partial charge in [-0.3, -0.25) is 0 Å². The zero-order valence-electron chi connectivity index (χ0n) is 13.7. The van der Waals surface area contributed by atoms with E-state index in [1.807, 2.05) is 42.1 Å². The summed E-state index contributed by atoms with van der Waals surface area (Å²) in [5.41, 5.74) is 4.48. The molecule has 0 N–H and O–H groups in total. The molecule has 3 rings (SSSR count). The van der Waals surface area contributed by atoms with Crippen LogP contribution in [0.15, 0.2) is 50.2 Å². The van der Waals surface area contributed by atoms with Crippen LogP contribution in [0.5, 0.6) is 0 Å². The van der Waals surface area contributed by atoms with E-state index in [1.54, 1.807) is 17.6 Å². The van der Waals surface area contributed by atoms with Crippen LogP contribution >= 0.6 is 11.3 Å². The van der Waals surface area contributed by atoms with Gasteiger partial charge in [-0.1, -0.05) is 6.07 Å². The van der Waals surface area contributed by atoms with Gasteiger partial charge in [-0.05, 0) is 63.1 Å².